The standard InChI is InChI=1S/C21H21N3O4/c1-14-7-8-18(15(2)11-14)22-19(25)13-23-9-10-24(21(27)20(23)26)16-5-4-6-17(12-16)28-3/h4-12H,13H2,1-3H3,(H,22,25). The van der Waals surface area contributed by atoms with Crippen molar-refractivity contribution in [3.05, 3.63) is 86.7 Å². The van der Waals surface area contributed by atoms with E-state index < -0.39 is 11.1 Å². The highest BCUT2D eigenvalue weighted by molar-refractivity contribution is 5.91. The molecule has 0 fully saturated rings. The van der Waals surface area contributed by atoms with E-state index in [0.29, 0.717) is 17.1 Å². The minimum Gasteiger partial charge on any atom is -0.497 e. The largest absolute Gasteiger partial charge is 0.497 e. The van der Waals surface area contributed by atoms with Crippen molar-refractivity contribution in [1.82, 2.24) is 9.13 Å². The average Bonchev–Trinajstić information content (AvgIpc) is 2.68. The smallest absolute Gasteiger partial charge is 0.320 e. The van der Waals surface area contributed by atoms with Crippen LogP contribution in [0.2, 0.25) is 0 Å². The highest BCUT2D eigenvalue weighted by Gasteiger charge is 2.11. The topological polar surface area (TPSA) is 82.3 Å². The van der Waals surface area contributed by atoms with E-state index >= 15 is 0 Å². The Morgan fingerprint density at radius 2 is 1.82 bits per heavy atom. The molecule has 7 nitrogen and oxygen atoms in total. The molecule has 0 aliphatic rings. The number of benzene rings is 2. The lowest BCUT2D eigenvalue weighted by Crippen LogP contribution is -2.41. The number of methoxy groups -OCH3 is 1. The second kappa shape index (κ2) is 7.96. The molecule has 0 bridgehead atoms. The van der Waals surface area contributed by atoms with Gasteiger partial charge in [0.25, 0.3) is 0 Å². The molecule has 3 aromatic rings. The third kappa shape index (κ3) is 4.03. The highest BCUT2D eigenvalue weighted by Crippen LogP contribution is 2.16. The lowest BCUT2D eigenvalue weighted by atomic mass is 10.1. The van der Waals surface area contributed by atoms with Crippen molar-refractivity contribution in [2.24, 2.45) is 0 Å². The molecular formula is C21H21N3O4. The van der Waals surface area contributed by atoms with E-state index in [1.165, 1.54) is 24.1 Å². The van der Waals surface area contributed by atoms with Crippen LogP contribution in [0.4, 0.5) is 5.69 Å². The summed E-state index contributed by atoms with van der Waals surface area (Å²) >= 11 is 0. The molecule has 0 saturated heterocycles. The van der Waals surface area contributed by atoms with Crippen LogP contribution in [-0.2, 0) is 11.3 Å². The first-order chi connectivity index (χ1) is 13.4. The summed E-state index contributed by atoms with van der Waals surface area (Å²) in [5, 5.41) is 2.77. The van der Waals surface area contributed by atoms with Crippen LogP contribution < -0.4 is 21.2 Å². The molecule has 0 aliphatic heterocycles. The van der Waals surface area contributed by atoms with E-state index in [0.717, 1.165) is 15.7 Å². The van der Waals surface area contributed by atoms with Crippen molar-refractivity contribution in [3.63, 3.8) is 0 Å². The van der Waals surface area contributed by atoms with Crippen LogP contribution in [0.5, 0.6) is 5.75 Å². The summed E-state index contributed by atoms with van der Waals surface area (Å²) in [6.07, 6.45) is 2.88. The number of hydrogen-bond acceptors (Lipinski definition) is 4. The number of nitrogens with one attached hydrogen (secondary N) is 1. The van der Waals surface area contributed by atoms with Crippen molar-refractivity contribution in [2.45, 2.75) is 20.4 Å². The summed E-state index contributed by atoms with van der Waals surface area (Å²) in [4.78, 5) is 37.2. The van der Waals surface area contributed by atoms with Gasteiger partial charge in [-0.2, -0.15) is 0 Å². The molecule has 144 valence electrons. The van der Waals surface area contributed by atoms with Crippen LogP contribution in [0, 0.1) is 13.8 Å². The third-order valence-corrected chi connectivity index (χ3v) is 4.36. The fourth-order valence-electron chi connectivity index (χ4n) is 2.89. The number of carbonyl (C=O) groups excluding carboxylic acids is 1. The van der Waals surface area contributed by atoms with E-state index in [-0.39, 0.29) is 12.5 Å². The second-order valence-corrected chi connectivity index (χ2v) is 6.47. The van der Waals surface area contributed by atoms with Gasteiger partial charge in [-0.1, -0.05) is 23.8 Å². The molecule has 1 amide bonds. The molecule has 1 aromatic heterocycles. The van der Waals surface area contributed by atoms with E-state index in [9.17, 15) is 14.4 Å². The quantitative estimate of drug-likeness (QED) is 0.690. The zero-order valence-electron chi connectivity index (χ0n) is 15.9. The Labute approximate surface area is 161 Å². The van der Waals surface area contributed by atoms with Gasteiger partial charge in [-0.25, -0.2) is 0 Å². The Morgan fingerprint density at radius 3 is 2.54 bits per heavy atom. The molecule has 0 spiro atoms. The Kier molecular flexibility index (Phi) is 5.44. The fraction of sp³-hybridized carbons (Fsp3) is 0.190. The predicted octanol–water partition coefficient (Wildman–Crippen LogP) is 2.26. The van der Waals surface area contributed by atoms with E-state index in [4.69, 9.17) is 4.74 Å². The lowest BCUT2D eigenvalue weighted by molar-refractivity contribution is -0.116. The van der Waals surface area contributed by atoms with Crippen LogP contribution in [-0.4, -0.2) is 22.2 Å². The maximum absolute atomic E-state index is 12.5. The minimum absolute atomic E-state index is 0.250. The Balaban J connectivity index is 1.83. The highest BCUT2D eigenvalue weighted by atomic mass is 16.5. The zero-order valence-corrected chi connectivity index (χ0v) is 15.9. The summed E-state index contributed by atoms with van der Waals surface area (Å²) < 4.78 is 7.47. The first kappa shape index (κ1) is 19.2. The first-order valence-electron chi connectivity index (χ1n) is 8.72. The number of hydrogen-bond donors (Lipinski definition) is 1. The molecule has 1 N–H and O–H groups in total. The van der Waals surface area contributed by atoms with Gasteiger partial charge in [-0.05, 0) is 37.6 Å². The zero-order chi connectivity index (χ0) is 20.3. The van der Waals surface area contributed by atoms with Gasteiger partial charge in [0.15, 0.2) is 0 Å². The van der Waals surface area contributed by atoms with E-state index in [1.807, 2.05) is 32.0 Å². The van der Waals surface area contributed by atoms with Crippen molar-refractivity contribution in [1.29, 1.82) is 0 Å². The molecular weight excluding hydrogens is 358 g/mol. The fourth-order valence-corrected chi connectivity index (χ4v) is 2.89. The van der Waals surface area contributed by atoms with Crippen molar-refractivity contribution in [2.75, 3.05) is 12.4 Å². The SMILES string of the molecule is COc1cccc(-n2ccn(CC(=O)Nc3ccc(C)cc3C)c(=O)c2=O)c1. The van der Waals surface area contributed by atoms with Crippen LogP contribution in [0.25, 0.3) is 5.69 Å². The molecule has 1 heterocycles. The Morgan fingerprint density at radius 1 is 1.04 bits per heavy atom. The van der Waals surface area contributed by atoms with E-state index in [1.54, 1.807) is 24.3 Å². The maximum atomic E-state index is 12.5. The van der Waals surface area contributed by atoms with E-state index in [2.05, 4.69) is 5.32 Å². The molecule has 0 aliphatic carbocycles. The summed E-state index contributed by atoms with van der Waals surface area (Å²) in [5.74, 6) is 0.189. The molecule has 7 heteroatoms. The average molecular weight is 379 g/mol. The van der Waals surface area contributed by atoms with Gasteiger partial charge in [0, 0.05) is 24.1 Å². The maximum Gasteiger partial charge on any atom is 0.320 e. The lowest BCUT2D eigenvalue weighted by Gasteiger charge is -2.11. The van der Waals surface area contributed by atoms with Crippen LogP contribution in [0.15, 0.2) is 64.4 Å². The molecule has 0 saturated carbocycles. The van der Waals surface area contributed by atoms with Crippen LogP contribution >= 0.6 is 0 Å². The number of carbonyl (C=O) groups is 1. The Bertz CT molecular complexity index is 1140. The first-order valence-corrected chi connectivity index (χ1v) is 8.72. The molecule has 3 rings (SSSR count). The van der Waals surface area contributed by atoms with Gasteiger partial charge in [0.05, 0.1) is 12.8 Å². The van der Waals surface area contributed by atoms with Gasteiger partial charge in [0.1, 0.15) is 12.3 Å². The van der Waals surface area contributed by atoms with Crippen molar-refractivity contribution in [3.8, 4) is 11.4 Å². The van der Waals surface area contributed by atoms with Crippen LogP contribution in [0.1, 0.15) is 11.1 Å². The molecule has 2 aromatic carbocycles. The van der Waals surface area contributed by atoms with Crippen molar-refractivity contribution >= 4 is 11.6 Å². The summed E-state index contributed by atoms with van der Waals surface area (Å²) in [6.45, 7) is 3.61. The number of ether oxygens (including phenoxy) is 1. The number of rotatable bonds is 5. The second-order valence-electron chi connectivity index (χ2n) is 6.47. The van der Waals surface area contributed by atoms with Gasteiger partial charge in [0.2, 0.25) is 5.91 Å². The summed E-state index contributed by atoms with van der Waals surface area (Å²) in [6, 6.07) is 12.5. The van der Waals surface area contributed by atoms with Crippen LogP contribution in [0.3, 0.4) is 0 Å². The van der Waals surface area contributed by atoms with Crippen molar-refractivity contribution < 1.29 is 9.53 Å². The van der Waals surface area contributed by atoms with Gasteiger partial charge >= 0.3 is 11.1 Å². The molecule has 0 radical (unpaired) electrons. The van der Waals surface area contributed by atoms with Gasteiger partial charge in [-0.15, -0.1) is 0 Å². The monoisotopic (exact) mass is 379 g/mol. The third-order valence-electron chi connectivity index (χ3n) is 4.36. The summed E-state index contributed by atoms with van der Waals surface area (Å²) in [5.41, 5.74) is 1.68. The normalized spacial score (nSPS) is 10.5. The van der Waals surface area contributed by atoms with Gasteiger partial charge < -0.3 is 10.1 Å². The summed E-state index contributed by atoms with van der Waals surface area (Å²) in [7, 11) is 1.52. The Hall–Kier alpha value is -3.61. The van der Waals surface area contributed by atoms with Gasteiger partial charge in [-0.3, -0.25) is 23.5 Å². The predicted molar refractivity (Wildman–Crippen MR) is 107 cm³/mol. The number of amides is 1. The minimum atomic E-state index is -0.777. The molecule has 0 unspecified atom stereocenters. The number of nitrogens with zero attached hydrogens (tertiary/aromatic N) is 2. The molecule has 28 heavy (non-hydrogen) atoms. The number of anilines is 1. The number of aromatic nitrogens is 2. The molecule has 0 atom stereocenters. The number of aryl methyl sites for hydroxylation is 2.